The smallest absolute Gasteiger partial charge is 0.355 e. The van der Waals surface area contributed by atoms with E-state index in [0.717, 1.165) is 25.1 Å². The molecular formula is C16H21F3N2OS. The van der Waals surface area contributed by atoms with Crippen molar-refractivity contribution >= 4 is 17.7 Å². The lowest BCUT2D eigenvalue weighted by Gasteiger charge is -2.22. The van der Waals surface area contributed by atoms with Crippen molar-refractivity contribution in [2.75, 3.05) is 6.54 Å². The zero-order valence-corrected chi connectivity index (χ0v) is 13.8. The highest BCUT2D eigenvalue weighted by molar-refractivity contribution is 8.00. The summed E-state index contributed by atoms with van der Waals surface area (Å²) in [5.74, 6) is 0.455. The molecule has 1 heterocycles. The van der Waals surface area contributed by atoms with Crippen LogP contribution >= 0.6 is 11.8 Å². The third kappa shape index (κ3) is 5.71. The quantitative estimate of drug-likeness (QED) is 0.809. The highest BCUT2D eigenvalue weighted by atomic mass is 32.2. The first-order valence-electron chi connectivity index (χ1n) is 7.84. The molecular weight excluding hydrogens is 325 g/mol. The largest absolute Gasteiger partial charge is 0.417 e. The lowest BCUT2D eigenvalue weighted by atomic mass is 9.89. The maximum absolute atomic E-state index is 12.5. The molecule has 0 bridgehead atoms. The first-order chi connectivity index (χ1) is 10.9. The van der Waals surface area contributed by atoms with Crippen LogP contribution in [0, 0.1) is 5.92 Å². The molecule has 0 saturated heterocycles. The standard InChI is InChI=1S/C16H21F3N2OS/c1-11(15(22)21-9-12-5-3-2-4-6-12)23-14-8-7-13(10-20-14)16(17,18)19/h7-8,10-12H,2-6,9H2,1H3,(H,21,22). The summed E-state index contributed by atoms with van der Waals surface area (Å²) in [6.07, 6.45) is 2.44. The van der Waals surface area contributed by atoms with E-state index in [4.69, 9.17) is 0 Å². The van der Waals surface area contributed by atoms with Crippen molar-refractivity contribution in [3.8, 4) is 0 Å². The second kappa shape index (κ2) is 8.04. The first kappa shape index (κ1) is 18.1. The number of carbonyl (C=O) groups is 1. The van der Waals surface area contributed by atoms with Crippen LogP contribution < -0.4 is 5.32 Å². The van der Waals surface area contributed by atoms with E-state index in [1.165, 1.54) is 37.1 Å². The Morgan fingerprint density at radius 2 is 2.04 bits per heavy atom. The highest BCUT2D eigenvalue weighted by Crippen LogP contribution is 2.30. The molecule has 1 aromatic rings. The Bertz CT molecular complexity index is 513. The van der Waals surface area contributed by atoms with Gasteiger partial charge in [0.2, 0.25) is 5.91 Å². The Hall–Kier alpha value is -1.24. The van der Waals surface area contributed by atoms with Crippen LogP contribution in [0.4, 0.5) is 13.2 Å². The van der Waals surface area contributed by atoms with Crippen LogP contribution in [0.3, 0.4) is 0 Å². The summed E-state index contributed by atoms with van der Waals surface area (Å²) in [6, 6.07) is 2.29. The summed E-state index contributed by atoms with van der Waals surface area (Å²) in [4.78, 5) is 15.9. The molecule has 3 nitrogen and oxygen atoms in total. The number of nitrogens with zero attached hydrogens (tertiary/aromatic N) is 1. The monoisotopic (exact) mass is 346 g/mol. The van der Waals surface area contributed by atoms with Crippen molar-refractivity contribution in [3.05, 3.63) is 23.9 Å². The maximum atomic E-state index is 12.5. The minimum absolute atomic E-state index is 0.0951. The summed E-state index contributed by atoms with van der Waals surface area (Å²) >= 11 is 1.17. The van der Waals surface area contributed by atoms with Crippen molar-refractivity contribution < 1.29 is 18.0 Å². The van der Waals surface area contributed by atoms with Gasteiger partial charge in [0.25, 0.3) is 0 Å². The Morgan fingerprint density at radius 1 is 1.35 bits per heavy atom. The molecule has 1 saturated carbocycles. The van der Waals surface area contributed by atoms with Crippen LogP contribution in [0.25, 0.3) is 0 Å². The molecule has 1 N–H and O–H groups in total. The predicted octanol–water partition coefficient (Wildman–Crippen LogP) is 4.28. The number of amides is 1. The molecule has 128 valence electrons. The van der Waals surface area contributed by atoms with E-state index in [0.29, 0.717) is 17.5 Å². The fourth-order valence-corrected chi connectivity index (χ4v) is 3.45. The number of pyridine rings is 1. The lowest BCUT2D eigenvalue weighted by molar-refractivity contribution is -0.137. The summed E-state index contributed by atoms with van der Waals surface area (Å²) in [5, 5.41) is 2.97. The third-order valence-electron chi connectivity index (χ3n) is 4.02. The number of hydrogen-bond donors (Lipinski definition) is 1. The van der Waals surface area contributed by atoms with Gasteiger partial charge in [-0.25, -0.2) is 4.98 Å². The van der Waals surface area contributed by atoms with Crippen molar-refractivity contribution in [1.82, 2.24) is 10.3 Å². The van der Waals surface area contributed by atoms with E-state index < -0.39 is 11.7 Å². The number of aromatic nitrogens is 1. The summed E-state index contributed by atoms with van der Waals surface area (Å²) in [6.45, 7) is 2.42. The van der Waals surface area contributed by atoms with Crippen LogP contribution in [0.5, 0.6) is 0 Å². The summed E-state index contributed by atoms with van der Waals surface area (Å²) in [5.41, 5.74) is -0.781. The molecule has 1 unspecified atom stereocenters. The van der Waals surface area contributed by atoms with Gasteiger partial charge in [-0.15, -0.1) is 0 Å². The number of alkyl halides is 3. The van der Waals surface area contributed by atoms with E-state index >= 15 is 0 Å². The molecule has 23 heavy (non-hydrogen) atoms. The molecule has 7 heteroatoms. The zero-order valence-electron chi connectivity index (χ0n) is 13.0. The third-order valence-corrected chi connectivity index (χ3v) is 5.07. The Morgan fingerprint density at radius 3 is 2.61 bits per heavy atom. The van der Waals surface area contributed by atoms with Crippen molar-refractivity contribution in [2.24, 2.45) is 5.92 Å². The maximum Gasteiger partial charge on any atom is 0.417 e. The molecule has 1 aliphatic carbocycles. The fourth-order valence-electron chi connectivity index (χ4n) is 2.63. The lowest BCUT2D eigenvalue weighted by Crippen LogP contribution is -2.35. The van der Waals surface area contributed by atoms with Crippen molar-refractivity contribution in [2.45, 2.75) is 55.5 Å². The first-order valence-corrected chi connectivity index (χ1v) is 8.72. The molecule has 1 amide bonds. The van der Waals surface area contributed by atoms with Crippen molar-refractivity contribution in [1.29, 1.82) is 0 Å². The highest BCUT2D eigenvalue weighted by Gasteiger charge is 2.30. The van der Waals surface area contributed by atoms with Gasteiger partial charge in [-0.3, -0.25) is 4.79 Å². The van der Waals surface area contributed by atoms with E-state index in [2.05, 4.69) is 10.3 Å². The average molecular weight is 346 g/mol. The van der Waals surface area contributed by atoms with Gasteiger partial charge in [-0.05, 0) is 37.8 Å². The Labute approximate surface area is 138 Å². The molecule has 2 rings (SSSR count). The summed E-state index contributed by atoms with van der Waals surface area (Å²) in [7, 11) is 0. The SMILES string of the molecule is CC(Sc1ccc(C(F)(F)F)cn1)C(=O)NCC1CCCCC1. The van der Waals surface area contributed by atoms with Crippen molar-refractivity contribution in [3.63, 3.8) is 0 Å². The van der Waals surface area contributed by atoms with E-state index in [-0.39, 0.29) is 11.2 Å². The van der Waals surface area contributed by atoms with Gasteiger partial charge in [0, 0.05) is 12.7 Å². The molecule has 0 spiro atoms. The van der Waals surface area contributed by atoms with Gasteiger partial charge in [0.1, 0.15) is 0 Å². The normalized spacial score (nSPS) is 17.7. The summed E-state index contributed by atoms with van der Waals surface area (Å²) < 4.78 is 37.4. The predicted molar refractivity (Wildman–Crippen MR) is 84.1 cm³/mol. The van der Waals surface area contributed by atoms with Crippen LogP contribution in [-0.4, -0.2) is 22.7 Å². The van der Waals surface area contributed by atoms with Crippen LogP contribution in [0.15, 0.2) is 23.4 Å². The number of nitrogens with one attached hydrogen (secondary N) is 1. The van der Waals surface area contributed by atoms with Gasteiger partial charge in [0.05, 0.1) is 15.8 Å². The molecule has 1 aliphatic rings. The molecule has 1 aromatic heterocycles. The number of carbonyl (C=O) groups excluding carboxylic acids is 1. The second-order valence-electron chi connectivity index (χ2n) is 5.89. The topological polar surface area (TPSA) is 42.0 Å². The van der Waals surface area contributed by atoms with Crippen LogP contribution in [0.2, 0.25) is 0 Å². The molecule has 0 aromatic carbocycles. The minimum atomic E-state index is -4.39. The van der Waals surface area contributed by atoms with E-state index in [1.54, 1.807) is 6.92 Å². The van der Waals surface area contributed by atoms with Gasteiger partial charge in [0.15, 0.2) is 0 Å². The number of hydrogen-bond acceptors (Lipinski definition) is 3. The van der Waals surface area contributed by atoms with Gasteiger partial charge < -0.3 is 5.32 Å². The zero-order chi connectivity index (χ0) is 16.9. The molecule has 0 aliphatic heterocycles. The van der Waals surface area contributed by atoms with Gasteiger partial charge >= 0.3 is 6.18 Å². The Kier molecular flexibility index (Phi) is 6.33. The number of rotatable bonds is 5. The molecule has 0 radical (unpaired) electrons. The fraction of sp³-hybridized carbons (Fsp3) is 0.625. The number of thioether (sulfide) groups is 1. The van der Waals surface area contributed by atoms with Gasteiger partial charge in [-0.1, -0.05) is 31.0 Å². The number of halogens is 3. The minimum Gasteiger partial charge on any atom is -0.355 e. The van der Waals surface area contributed by atoms with E-state index in [9.17, 15) is 18.0 Å². The van der Waals surface area contributed by atoms with Gasteiger partial charge in [-0.2, -0.15) is 13.2 Å². The van der Waals surface area contributed by atoms with Crippen LogP contribution in [0.1, 0.15) is 44.6 Å². The van der Waals surface area contributed by atoms with Crippen LogP contribution in [-0.2, 0) is 11.0 Å². The molecule has 1 fully saturated rings. The molecule has 1 atom stereocenters. The second-order valence-corrected chi connectivity index (χ2v) is 7.25. The van der Waals surface area contributed by atoms with E-state index in [1.807, 2.05) is 0 Å². The Balaban J connectivity index is 1.80. The average Bonchev–Trinajstić information content (AvgIpc) is 2.53.